The molecule has 3 aromatic carbocycles. The van der Waals surface area contributed by atoms with Crippen LogP contribution in [0.1, 0.15) is 256 Å². The van der Waals surface area contributed by atoms with Gasteiger partial charge in [-0.05, 0) is 161 Å². The van der Waals surface area contributed by atoms with Gasteiger partial charge in [0.25, 0.3) is 0 Å². The van der Waals surface area contributed by atoms with E-state index in [0.717, 1.165) is 67.1 Å². The van der Waals surface area contributed by atoms with Gasteiger partial charge in [0, 0.05) is 5.56 Å². The summed E-state index contributed by atoms with van der Waals surface area (Å²) in [7, 11) is -1.85. The minimum absolute atomic E-state index is 0. The van der Waals surface area contributed by atoms with Gasteiger partial charge in [0.05, 0.1) is 22.8 Å². The molecule has 0 aliphatic carbocycles. The number of nitrogens with zero attached hydrogens (tertiary/aromatic N) is 4. The van der Waals surface area contributed by atoms with Crippen LogP contribution in [0.5, 0.6) is 0 Å². The largest absolute Gasteiger partial charge is 2.00 e. The molecule has 0 fully saturated rings. The molecular weight excluding hydrogens is 990 g/mol. The van der Waals surface area contributed by atoms with Gasteiger partial charge in [-0.1, -0.05) is 211 Å². The topological polar surface area (TPSA) is 54.0 Å². The Bertz CT molecular complexity index is 3310. The Labute approximate surface area is 472 Å². The Morgan fingerprint density at radius 1 is 0.342 bits per heavy atom. The summed E-state index contributed by atoms with van der Waals surface area (Å²) in [6.07, 6.45) is 8.92. The van der Waals surface area contributed by atoms with Gasteiger partial charge in [-0.15, -0.1) is 27.6 Å². The Hall–Kier alpha value is -5.34. The summed E-state index contributed by atoms with van der Waals surface area (Å²) in [4.78, 5) is 23.2. The van der Waals surface area contributed by atoms with Crippen LogP contribution < -0.4 is 9.97 Å². The van der Waals surface area contributed by atoms with Crippen molar-refractivity contribution >= 4 is 54.4 Å². The molecule has 3 aromatic heterocycles. The SMILES string of the molecule is CC(C)c1cc(C(C)C)c(-c2c3nc(c(-c4c(C(C)C)cc(C(C)C)cc4C(C)C)c4ccc([n-]4)c(-c4c(C(C)C)cc(C(C)C)cc4C(C)C)c4nc(c(C#C[Si](C)(C)C)c5ccc2[n-]5)C=C4)C=C3)c(C(C)C)c1.[Zn+2]. The molecule has 2 aliphatic rings. The number of hydrogen-bond donors (Lipinski definition) is 0. The fourth-order valence-electron chi connectivity index (χ4n) is 11.0. The quantitative estimate of drug-likeness (QED) is 0.0904. The molecular formula is C70H86N4SiZn. The Balaban J connectivity index is 0.00000840. The van der Waals surface area contributed by atoms with Crippen LogP contribution in [-0.2, 0) is 19.5 Å². The zero-order valence-electron chi connectivity index (χ0n) is 50.3. The second-order valence-corrected chi connectivity index (χ2v) is 30.2. The van der Waals surface area contributed by atoms with Crippen molar-refractivity contribution in [3.05, 3.63) is 139 Å². The first kappa shape index (κ1) is 58.3. The number of hydrogen-bond acceptors (Lipinski definition) is 2. The van der Waals surface area contributed by atoms with Crippen molar-refractivity contribution in [2.24, 2.45) is 0 Å². The van der Waals surface area contributed by atoms with E-state index in [1.54, 1.807) is 0 Å². The van der Waals surface area contributed by atoms with Crippen LogP contribution in [0, 0.1) is 11.5 Å². The first-order valence-electron chi connectivity index (χ1n) is 28.4. The van der Waals surface area contributed by atoms with Gasteiger partial charge < -0.3 is 9.97 Å². The molecule has 0 saturated carbocycles. The van der Waals surface area contributed by atoms with Crippen molar-refractivity contribution in [3.63, 3.8) is 0 Å². The van der Waals surface area contributed by atoms with Crippen LogP contribution in [-0.4, -0.2) is 18.0 Å². The van der Waals surface area contributed by atoms with Crippen molar-refractivity contribution < 1.29 is 19.5 Å². The number of fused-ring (bicyclic) bond motifs is 8. The predicted molar refractivity (Wildman–Crippen MR) is 330 cm³/mol. The third kappa shape index (κ3) is 11.6. The Morgan fingerprint density at radius 3 is 0.855 bits per heavy atom. The average Bonchev–Trinajstić information content (AvgIpc) is 4.20. The molecule has 4 nitrogen and oxygen atoms in total. The molecule has 392 valence electrons. The monoisotopic (exact) mass is 1070 g/mol. The van der Waals surface area contributed by atoms with E-state index in [9.17, 15) is 0 Å². The van der Waals surface area contributed by atoms with E-state index in [-0.39, 0.29) is 55.0 Å². The standard InChI is InChI=1S/C70H86N4Si.Zn/c1-38(2)47-32-51(41(7)8)65(52(33-47)42(9)10)68-59-24-22-57(71-59)50(30-31-75(19,20)21)58-23-25-60(72-58)69(66-53(43(11)12)34-48(39(3)4)35-54(66)44(13)14)62-27-29-64(74-62)70(63-28-26-61(68)73-63)67-55(45(15)16)36-49(40(5)6)37-56(67)46(17)18;/h22-29,32-46H,1-21H3;/q-2;+2. The van der Waals surface area contributed by atoms with Crippen LogP contribution in [0.4, 0.5) is 0 Å². The second kappa shape index (κ2) is 22.9. The normalized spacial score (nSPS) is 12.8. The van der Waals surface area contributed by atoms with Crippen molar-refractivity contribution in [1.82, 2.24) is 19.9 Å². The van der Waals surface area contributed by atoms with Crippen molar-refractivity contribution in [1.29, 1.82) is 0 Å². The maximum atomic E-state index is 5.91. The molecule has 8 bridgehead atoms. The number of aromatic nitrogens is 4. The molecule has 76 heavy (non-hydrogen) atoms. The molecule has 0 spiro atoms. The van der Waals surface area contributed by atoms with Crippen LogP contribution in [0.25, 0.3) is 79.8 Å². The van der Waals surface area contributed by atoms with Gasteiger partial charge in [-0.3, -0.25) is 0 Å². The minimum atomic E-state index is -1.85. The van der Waals surface area contributed by atoms with Crippen molar-refractivity contribution in [2.45, 2.75) is 198 Å². The van der Waals surface area contributed by atoms with Crippen LogP contribution in [0.15, 0.2) is 60.7 Å². The van der Waals surface area contributed by atoms with Crippen molar-refractivity contribution in [3.8, 4) is 44.8 Å². The Morgan fingerprint density at radius 2 is 0.592 bits per heavy atom. The summed E-state index contributed by atoms with van der Waals surface area (Å²) in [6.45, 7) is 48.8. The van der Waals surface area contributed by atoms with Gasteiger partial charge in [0.15, 0.2) is 0 Å². The van der Waals surface area contributed by atoms with Gasteiger partial charge >= 0.3 is 19.5 Å². The average molecular weight is 1080 g/mol. The summed E-state index contributed by atoms with van der Waals surface area (Å²) >= 11 is 0. The maximum absolute atomic E-state index is 5.91. The summed E-state index contributed by atoms with van der Waals surface area (Å²) in [6, 6.07) is 23.7. The van der Waals surface area contributed by atoms with Crippen LogP contribution >= 0.6 is 0 Å². The number of benzene rings is 3. The molecule has 0 atom stereocenters. The van der Waals surface area contributed by atoms with Crippen LogP contribution in [0.3, 0.4) is 0 Å². The summed E-state index contributed by atoms with van der Waals surface area (Å²) in [5, 5.41) is 0. The predicted octanol–water partition coefficient (Wildman–Crippen LogP) is 20.3. The summed E-state index contributed by atoms with van der Waals surface area (Å²) < 4.78 is 0. The molecule has 6 heteroatoms. The number of rotatable bonds is 12. The first-order valence-corrected chi connectivity index (χ1v) is 31.9. The summed E-state index contributed by atoms with van der Waals surface area (Å²) in [5.74, 6) is 6.36. The molecule has 0 radical (unpaired) electrons. The van der Waals surface area contributed by atoms with E-state index in [4.69, 9.17) is 19.9 Å². The zero-order chi connectivity index (χ0) is 54.7. The van der Waals surface area contributed by atoms with Gasteiger partial charge in [-0.25, -0.2) is 9.97 Å². The molecule has 6 aromatic rings. The minimum Gasteiger partial charge on any atom is -0.657 e. The van der Waals surface area contributed by atoms with E-state index < -0.39 is 8.07 Å². The third-order valence-corrected chi connectivity index (χ3v) is 16.2. The second-order valence-electron chi connectivity index (χ2n) is 25.5. The Kier molecular flexibility index (Phi) is 17.6. The van der Waals surface area contributed by atoms with E-state index in [1.165, 1.54) is 66.8 Å². The van der Waals surface area contributed by atoms with E-state index in [2.05, 4.69) is 241 Å². The van der Waals surface area contributed by atoms with Crippen molar-refractivity contribution in [2.75, 3.05) is 0 Å². The molecule has 0 saturated heterocycles. The molecule has 0 unspecified atom stereocenters. The molecule has 8 rings (SSSR count). The van der Waals surface area contributed by atoms with Gasteiger partial charge in [0.1, 0.15) is 8.07 Å². The van der Waals surface area contributed by atoms with E-state index >= 15 is 0 Å². The zero-order valence-corrected chi connectivity index (χ0v) is 54.2. The molecule has 0 amide bonds. The summed E-state index contributed by atoms with van der Waals surface area (Å²) in [5.41, 5.74) is 30.6. The molecule has 0 N–H and O–H groups in total. The fraction of sp³-hybridized carbons (Fsp3) is 0.429. The molecule has 5 heterocycles. The molecule has 2 aliphatic heterocycles. The van der Waals surface area contributed by atoms with Gasteiger partial charge in [0.2, 0.25) is 0 Å². The van der Waals surface area contributed by atoms with E-state index in [0.29, 0.717) is 17.8 Å². The van der Waals surface area contributed by atoms with Gasteiger partial charge in [-0.2, -0.15) is 0 Å². The van der Waals surface area contributed by atoms with Crippen LogP contribution in [0.2, 0.25) is 19.6 Å². The van der Waals surface area contributed by atoms with E-state index in [1.807, 2.05) is 0 Å². The first-order chi connectivity index (χ1) is 35.3. The fourth-order valence-corrected chi connectivity index (χ4v) is 11.5. The maximum Gasteiger partial charge on any atom is 2.00 e. The third-order valence-electron chi connectivity index (χ3n) is 15.3. The smallest absolute Gasteiger partial charge is 0.657 e.